The molecule has 3 aliphatic rings. The number of nitrogens with zero attached hydrogens (tertiary/aromatic N) is 2. The number of aromatic nitrogens is 2. The van der Waals surface area contributed by atoms with Crippen LogP contribution in [0.4, 0.5) is 0 Å². The zero-order valence-electron chi connectivity index (χ0n) is 8.64. The summed E-state index contributed by atoms with van der Waals surface area (Å²) in [4.78, 5) is 0. The third-order valence-electron chi connectivity index (χ3n) is 3.74. The van der Waals surface area contributed by atoms with Gasteiger partial charge in [0.25, 0.3) is 0 Å². The van der Waals surface area contributed by atoms with E-state index in [9.17, 15) is 0 Å². The van der Waals surface area contributed by atoms with Crippen molar-refractivity contribution in [2.45, 2.75) is 25.8 Å². The Morgan fingerprint density at radius 3 is 2.87 bits per heavy atom. The number of rotatable bonds is 2. The molecule has 0 spiro atoms. The molecule has 0 saturated heterocycles. The Labute approximate surface area is 98.5 Å². The first-order chi connectivity index (χ1) is 7.31. The molecule has 0 aromatic carbocycles. The smallest absolute Gasteiger partial charge is 0.0632 e. The van der Waals surface area contributed by atoms with Gasteiger partial charge in [-0.1, -0.05) is 12.2 Å². The second kappa shape index (κ2) is 3.78. The van der Waals surface area contributed by atoms with Crippen LogP contribution in [0.1, 0.15) is 19.3 Å². The van der Waals surface area contributed by atoms with Gasteiger partial charge in [-0.15, -0.1) is 0 Å². The molecule has 80 valence electrons. The molecule has 4 rings (SSSR count). The molecule has 1 aromatic rings. The fraction of sp³-hybridized carbons (Fsp3) is 0.583. The summed E-state index contributed by atoms with van der Waals surface area (Å²) in [6.07, 6.45) is 12.9. The van der Waals surface area contributed by atoms with Gasteiger partial charge < -0.3 is 0 Å². The van der Waals surface area contributed by atoms with Crippen molar-refractivity contribution in [2.75, 3.05) is 0 Å². The van der Waals surface area contributed by atoms with E-state index in [1.165, 1.54) is 19.3 Å². The van der Waals surface area contributed by atoms with Crippen LogP contribution in [0.2, 0.25) is 0 Å². The molecule has 0 N–H and O–H groups in total. The number of halogens is 1. The molecule has 3 aliphatic carbocycles. The quantitative estimate of drug-likeness (QED) is 0.752. The molecule has 0 amide bonds. The molecule has 15 heavy (non-hydrogen) atoms. The van der Waals surface area contributed by atoms with Crippen LogP contribution in [0.15, 0.2) is 29.0 Å². The molecule has 1 heterocycles. The van der Waals surface area contributed by atoms with Crippen molar-refractivity contribution in [1.82, 2.24) is 9.78 Å². The Balaban J connectivity index is 1.72. The molecule has 3 atom stereocenters. The fourth-order valence-electron chi connectivity index (χ4n) is 2.94. The van der Waals surface area contributed by atoms with Crippen LogP contribution in [0.25, 0.3) is 0 Å². The number of fused-ring (bicyclic) bond motifs is 2. The van der Waals surface area contributed by atoms with Crippen molar-refractivity contribution < 1.29 is 0 Å². The summed E-state index contributed by atoms with van der Waals surface area (Å²) in [5.41, 5.74) is 0. The average Bonchev–Trinajstić information content (AvgIpc) is 2.66. The molecule has 1 aromatic heterocycles. The van der Waals surface area contributed by atoms with Gasteiger partial charge in [-0.05, 0) is 52.9 Å². The first-order valence-corrected chi connectivity index (χ1v) is 6.47. The van der Waals surface area contributed by atoms with Gasteiger partial charge >= 0.3 is 0 Å². The molecule has 2 nitrogen and oxygen atoms in total. The largest absolute Gasteiger partial charge is 0.271 e. The highest BCUT2D eigenvalue weighted by Gasteiger charge is 2.31. The zero-order chi connectivity index (χ0) is 10.3. The van der Waals surface area contributed by atoms with Gasteiger partial charge in [0.1, 0.15) is 0 Å². The summed E-state index contributed by atoms with van der Waals surface area (Å²) in [5.74, 6) is 2.46. The average molecular weight is 267 g/mol. The third-order valence-corrected chi connectivity index (χ3v) is 4.15. The first-order valence-electron chi connectivity index (χ1n) is 5.67. The van der Waals surface area contributed by atoms with Gasteiger partial charge in [0.2, 0.25) is 0 Å². The van der Waals surface area contributed by atoms with Crippen molar-refractivity contribution in [3.8, 4) is 0 Å². The third kappa shape index (κ3) is 1.89. The van der Waals surface area contributed by atoms with Crippen LogP contribution in [0.5, 0.6) is 0 Å². The van der Waals surface area contributed by atoms with E-state index in [2.05, 4.69) is 44.1 Å². The van der Waals surface area contributed by atoms with Gasteiger partial charge in [-0.3, -0.25) is 4.68 Å². The van der Waals surface area contributed by atoms with E-state index in [-0.39, 0.29) is 0 Å². The summed E-state index contributed by atoms with van der Waals surface area (Å²) in [5, 5.41) is 4.34. The van der Waals surface area contributed by atoms with Gasteiger partial charge in [-0.2, -0.15) is 5.10 Å². The fourth-order valence-corrected chi connectivity index (χ4v) is 3.27. The van der Waals surface area contributed by atoms with E-state index in [1.54, 1.807) is 0 Å². The Morgan fingerprint density at radius 1 is 1.40 bits per heavy atom. The van der Waals surface area contributed by atoms with E-state index in [1.807, 2.05) is 6.20 Å². The molecular weight excluding hydrogens is 252 g/mol. The van der Waals surface area contributed by atoms with Crippen molar-refractivity contribution in [1.29, 1.82) is 0 Å². The summed E-state index contributed by atoms with van der Waals surface area (Å²) in [7, 11) is 0. The standard InChI is InChI=1S/C12H15BrN2/c13-12-6-14-15(8-12)7-11-5-9-1-3-10(11)4-2-9/h1,3,6,8-11H,2,4-5,7H2. The normalized spacial score (nSPS) is 33.5. The monoisotopic (exact) mass is 266 g/mol. The Morgan fingerprint density at radius 2 is 2.33 bits per heavy atom. The van der Waals surface area contributed by atoms with Crippen LogP contribution >= 0.6 is 15.9 Å². The summed E-state index contributed by atoms with van der Waals surface area (Å²) in [6, 6.07) is 0. The maximum absolute atomic E-state index is 4.34. The molecule has 3 unspecified atom stereocenters. The lowest BCUT2D eigenvalue weighted by Gasteiger charge is -2.37. The SMILES string of the molecule is Brc1cnn(CC2CC3C=CC2CC3)c1. The van der Waals surface area contributed by atoms with Crippen LogP contribution in [0, 0.1) is 17.8 Å². The van der Waals surface area contributed by atoms with Crippen molar-refractivity contribution >= 4 is 15.9 Å². The van der Waals surface area contributed by atoms with E-state index in [0.29, 0.717) is 0 Å². The van der Waals surface area contributed by atoms with Crippen LogP contribution in [-0.2, 0) is 6.54 Å². The predicted octanol–water partition coefficient (Wildman–Crippen LogP) is 3.25. The van der Waals surface area contributed by atoms with E-state index < -0.39 is 0 Å². The van der Waals surface area contributed by atoms with Gasteiger partial charge in [0.05, 0.1) is 10.7 Å². The van der Waals surface area contributed by atoms with Gasteiger partial charge in [0.15, 0.2) is 0 Å². The van der Waals surface area contributed by atoms with Gasteiger partial charge in [-0.25, -0.2) is 0 Å². The summed E-state index contributed by atoms with van der Waals surface area (Å²) >= 11 is 3.44. The molecule has 1 fully saturated rings. The van der Waals surface area contributed by atoms with Crippen molar-refractivity contribution in [2.24, 2.45) is 17.8 Å². The number of allylic oxidation sites excluding steroid dienone is 2. The van der Waals surface area contributed by atoms with Crippen LogP contribution < -0.4 is 0 Å². The Kier molecular flexibility index (Phi) is 2.43. The lowest BCUT2D eigenvalue weighted by Crippen LogP contribution is -2.30. The molecular formula is C12H15BrN2. The number of hydrogen-bond acceptors (Lipinski definition) is 1. The minimum absolute atomic E-state index is 0.804. The minimum atomic E-state index is 0.804. The lowest BCUT2D eigenvalue weighted by molar-refractivity contribution is 0.193. The Hall–Kier alpha value is -0.570. The number of hydrogen-bond donors (Lipinski definition) is 0. The molecule has 0 radical (unpaired) electrons. The highest BCUT2D eigenvalue weighted by Crippen LogP contribution is 2.40. The second-order valence-corrected chi connectivity index (χ2v) is 5.68. The Bertz CT molecular complexity index is 383. The van der Waals surface area contributed by atoms with Crippen LogP contribution in [0.3, 0.4) is 0 Å². The van der Waals surface area contributed by atoms with Crippen molar-refractivity contribution in [3.63, 3.8) is 0 Å². The maximum Gasteiger partial charge on any atom is 0.0632 e. The maximum atomic E-state index is 4.34. The highest BCUT2D eigenvalue weighted by atomic mass is 79.9. The first kappa shape index (κ1) is 9.64. The summed E-state index contributed by atoms with van der Waals surface area (Å²) < 4.78 is 3.16. The predicted molar refractivity (Wildman–Crippen MR) is 63.4 cm³/mol. The molecule has 3 heteroatoms. The van der Waals surface area contributed by atoms with Crippen LogP contribution in [-0.4, -0.2) is 9.78 Å². The van der Waals surface area contributed by atoms with Gasteiger partial charge in [0, 0.05) is 12.7 Å². The summed E-state index contributed by atoms with van der Waals surface area (Å²) in [6.45, 7) is 1.08. The minimum Gasteiger partial charge on any atom is -0.271 e. The van der Waals surface area contributed by atoms with E-state index >= 15 is 0 Å². The zero-order valence-corrected chi connectivity index (χ0v) is 10.2. The molecule has 1 saturated carbocycles. The van der Waals surface area contributed by atoms with E-state index in [4.69, 9.17) is 0 Å². The van der Waals surface area contributed by atoms with Crippen molar-refractivity contribution in [3.05, 3.63) is 29.0 Å². The van der Waals surface area contributed by atoms with E-state index in [0.717, 1.165) is 28.8 Å². The highest BCUT2D eigenvalue weighted by molar-refractivity contribution is 9.10. The second-order valence-electron chi connectivity index (χ2n) is 4.76. The molecule has 2 bridgehead atoms. The topological polar surface area (TPSA) is 17.8 Å². The molecule has 0 aliphatic heterocycles. The lowest BCUT2D eigenvalue weighted by atomic mass is 9.69.